The first-order valence-corrected chi connectivity index (χ1v) is 10.4. The van der Waals surface area contributed by atoms with Crippen molar-refractivity contribution in [2.75, 3.05) is 6.54 Å². The Morgan fingerprint density at radius 3 is 2.65 bits per heavy atom. The summed E-state index contributed by atoms with van der Waals surface area (Å²) in [6.07, 6.45) is 4.32. The average molecular weight is 452 g/mol. The molecule has 1 saturated carbocycles. The second-order valence-corrected chi connectivity index (χ2v) is 8.32. The molecule has 0 bridgehead atoms. The zero-order chi connectivity index (χ0) is 22.0. The maximum Gasteiger partial charge on any atom is 0.416 e. The molecule has 1 aliphatic carbocycles. The Balaban J connectivity index is 1.29. The molecule has 4 rings (SSSR count). The fraction of sp³-hybridized carbons (Fsp3) is 0.429. The van der Waals surface area contributed by atoms with Gasteiger partial charge in [0.05, 0.1) is 28.7 Å². The number of amides is 1. The van der Waals surface area contributed by atoms with E-state index in [0.717, 1.165) is 61.6 Å². The summed E-state index contributed by atoms with van der Waals surface area (Å²) < 4.78 is 40.8. The van der Waals surface area contributed by atoms with Gasteiger partial charge in [-0.3, -0.25) is 4.79 Å². The van der Waals surface area contributed by atoms with Gasteiger partial charge in [-0.2, -0.15) is 13.2 Å². The Morgan fingerprint density at radius 2 is 1.90 bits per heavy atom. The molecule has 31 heavy (non-hydrogen) atoms. The predicted molar refractivity (Wildman–Crippen MR) is 110 cm³/mol. The van der Waals surface area contributed by atoms with E-state index in [1.165, 1.54) is 6.33 Å². The maximum atomic E-state index is 12.9. The Bertz CT molecular complexity index is 1080. The second-order valence-electron chi connectivity index (χ2n) is 7.92. The lowest BCUT2D eigenvalue weighted by molar-refractivity contribution is -0.137. The minimum Gasteiger partial charge on any atom is -0.352 e. The first-order valence-electron chi connectivity index (χ1n) is 10.1. The molecule has 10 heteroatoms. The molecule has 3 aromatic rings. The number of rotatable bonds is 5. The lowest BCUT2D eigenvalue weighted by Crippen LogP contribution is -2.32. The molecule has 0 saturated heterocycles. The van der Waals surface area contributed by atoms with Gasteiger partial charge in [-0.25, -0.2) is 15.0 Å². The summed E-state index contributed by atoms with van der Waals surface area (Å²) in [6.45, 7) is 1.24. The number of fused-ring (bicyclic) bond motifs is 1. The minimum atomic E-state index is -4.52. The van der Waals surface area contributed by atoms with Gasteiger partial charge in [-0.05, 0) is 55.7 Å². The van der Waals surface area contributed by atoms with Gasteiger partial charge in [0.25, 0.3) is 5.91 Å². The highest BCUT2D eigenvalue weighted by atomic mass is 35.5. The van der Waals surface area contributed by atoms with E-state index >= 15 is 0 Å². The number of nitrogens with zero attached hydrogens (tertiary/aromatic N) is 4. The average Bonchev–Trinajstić information content (AvgIpc) is 3.15. The summed E-state index contributed by atoms with van der Waals surface area (Å²) in [5.41, 5.74) is 0.550. The number of alkyl halides is 3. The highest BCUT2D eigenvalue weighted by molar-refractivity contribution is 6.33. The number of aromatic nitrogens is 4. The predicted octanol–water partition coefficient (Wildman–Crippen LogP) is 4.73. The van der Waals surface area contributed by atoms with Crippen molar-refractivity contribution in [2.24, 2.45) is 11.8 Å². The van der Waals surface area contributed by atoms with Gasteiger partial charge in [0, 0.05) is 13.1 Å². The number of hydrogen-bond donors (Lipinski definition) is 1. The van der Waals surface area contributed by atoms with E-state index in [4.69, 9.17) is 11.6 Å². The van der Waals surface area contributed by atoms with Crippen LogP contribution in [-0.2, 0) is 12.7 Å². The van der Waals surface area contributed by atoms with E-state index in [0.29, 0.717) is 12.5 Å². The fourth-order valence-electron chi connectivity index (χ4n) is 4.05. The van der Waals surface area contributed by atoms with Gasteiger partial charge < -0.3 is 9.88 Å². The number of nitrogens with one attached hydrogen (secondary N) is 1. The summed E-state index contributed by atoms with van der Waals surface area (Å²) in [4.78, 5) is 25.0. The van der Waals surface area contributed by atoms with Crippen molar-refractivity contribution in [2.45, 2.75) is 38.4 Å². The Kier molecular flexibility index (Phi) is 6.13. The van der Waals surface area contributed by atoms with Crippen molar-refractivity contribution in [3.63, 3.8) is 0 Å². The molecule has 164 valence electrons. The van der Waals surface area contributed by atoms with E-state index in [9.17, 15) is 18.0 Å². The third-order valence-corrected chi connectivity index (χ3v) is 6.12. The van der Waals surface area contributed by atoms with Crippen LogP contribution in [0.2, 0.25) is 5.02 Å². The van der Waals surface area contributed by atoms with Crippen LogP contribution >= 0.6 is 11.6 Å². The molecule has 0 radical (unpaired) electrons. The first kappa shape index (κ1) is 21.5. The van der Waals surface area contributed by atoms with Gasteiger partial charge in [0.1, 0.15) is 11.8 Å². The summed E-state index contributed by atoms with van der Waals surface area (Å²) in [5.74, 6) is 0.187. The van der Waals surface area contributed by atoms with E-state index < -0.39 is 17.6 Å². The van der Waals surface area contributed by atoms with Crippen LogP contribution in [0.5, 0.6) is 0 Å². The van der Waals surface area contributed by atoms with Crippen LogP contribution in [0, 0.1) is 11.8 Å². The monoisotopic (exact) mass is 451 g/mol. The van der Waals surface area contributed by atoms with Crippen LogP contribution in [-0.4, -0.2) is 32.0 Å². The van der Waals surface area contributed by atoms with Gasteiger partial charge in [0.2, 0.25) is 0 Å². The molecular formula is C21H21ClF3N5O. The molecule has 0 aliphatic heterocycles. The van der Waals surface area contributed by atoms with Crippen molar-refractivity contribution in [3.05, 3.63) is 53.2 Å². The minimum absolute atomic E-state index is 0.00516. The molecule has 2 heterocycles. The zero-order valence-electron chi connectivity index (χ0n) is 16.6. The lowest BCUT2D eigenvalue weighted by atomic mass is 9.82. The van der Waals surface area contributed by atoms with Crippen LogP contribution in [0.1, 0.15) is 41.6 Å². The van der Waals surface area contributed by atoms with Crippen molar-refractivity contribution in [1.29, 1.82) is 0 Å². The number of hydrogen-bond acceptors (Lipinski definition) is 4. The van der Waals surface area contributed by atoms with Gasteiger partial charge in [-0.1, -0.05) is 11.6 Å². The van der Waals surface area contributed by atoms with Crippen LogP contribution < -0.4 is 5.32 Å². The lowest BCUT2D eigenvalue weighted by Gasteiger charge is -2.29. The summed E-state index contributed by atoms with van der Waals surface area (Å²) in [5, 5.41) is 2.76. The Hall–Kier alpha value is -2.68. The van der Waals surface area contributed by atoms with Crippen LogP contribution in [0.15, 0.2) is 37.1 Å². The Labute approximate surface area is 181 Å². The van der Waals surface area contributed by atoms with E-state index in [-0.39, 0.29) is 16.5 Å². The number of carbonyl (C=O) groups is 1. The molecule has 1 fully saturated rings. The zero-order valence-corrected chi connectivity index (χ0v) is 17.3. The molecule has 6 nitrogen and oxygen atoms in total. The molecule has 0 atom stereocenters. The molecule has 0 unspecified atom stereocenters. The summed E-state index contributed by atoms with van der Waals surface area (Å²) >= 11 is 5.95. The normalized spacial score (nSPS) is 19.5. The van der Waals surface area contributed by atoms with Crippen molar-refractivity contribution < 1.29 is 18.0 Å². The van der Waals surface area contributed by atoms with Gasteiger partial charge >= 0.3 is 6.18 Å². The molecule has 1 aliphatic rings. The Morgan fingerprint density at radius 1 is 1.16 bits per heavy atom. The number of imidazole rings is 1. The standard InChI is InChI=1S/C21H21ClF3N5O/c22-17-6-5-15(21(23,24)25)7-16(17)20(31)27-8-13-1-3-14(4-2-13)10-30-12-29-18-9-26-11-28-19(18)30/h5-7,9,11-14H,1-4,8,10H2,(H,27,31). The SMILES string of the molecule is O=C(NCC1CCC(Cn2cnc3cncnc32)CC1)c1cc(C(F)(F)F)ccc1Cl. The smallest absolute Gasteiger partial charge is 0.352 e. The number of carbonyl (C=O) groups excluding carboxylic acids is 1. The van der Waals surface area contributed by atoms with Crippen molar-refractivity contribution >= 4 is 28.7 Å². The molecular weight excluding hydrogens is 431 g/mol. The third-order valence-electron chi connectivity index (χ3n) is 5.79. The fourth-order valence-corrected chi connectivity index (χ4v) is 4.26. The van der Waals surface area contributed by atoms with Crippen molar-refractivity contribution in [3.8, 4) is 0 Å². The van der Waals surface area contributed by atoms with Gasteiger partial charge in [-0.15, -0.1) is 0 Å². The first-order chi connectivity index (χ1) is 14.8. The largest absolute Gasteiger partial charge is 0.416 e. The van der Waals surface area contributed by atoms with Gasteiger partial charge in [0.15, 0.2) is 5.65 Å². The quantitative estimate of drug-likeness (QED) is 0.608. The maximum absolute atomic E-state index is 12.9. The number of benzene rings is 1. The molecule has 1 aromatic carbocycles. The third kappa shape index (κ3) is 4.98. The molecule has 1 N–H and O–H groups in total. The number of halogens is 4. The second kappa shape index (κ2) is 8.82. The summed E-state index contributed by atoms with van der Waals surface area (Å²) in [7, 11) is 0. The van der Waals surface area contributed by atoms with Crippen LogP contribution in [0.3, 0.4) is 0 Å². The van der Waals surface area contributed by atoms with Crippen molar-refractivity contribution in [1.82, 2.24) is 24.8 Å². The highest BCUT2D eigenvalue weighted by Crippen LogP contribution is 2.32. The topological polar surface area (TPSA) is 72.7 Å². The van der Waals surface area contributed by atoms with E-state index in [2.05, 4.69) is 20.3 Å². The van der Waals surface area contributed by atoms with Crippen LogP contribution in [0.25, 0.3) is 11.2 Å². The van der Waals surface area contributed by atoms with E-state index in [1.54, 1.807) is 12.5 Å². The highest BCUT2D eigenvalue weighted by Gasteiger charge is 2.32. The van der Waals surface area contributed by atoms with Crippen LogP contribution in [0.4, 0.5) is 13.2 Å². The molecule has 0 spiro atoms. The molecule has 2 aromatic heterocycles. The molecule has 1 amide bonds. The summed E-state index contributed by atoms with van der Waals surface area (Å²) in [6, 6.07) is 2.78. The van der Waals surface area contributed by atoms with E-state index in [1.807, 2.05) is 4.57 Å².